The highest BCUT2D eigenvalue weighted by Crippen LogP contribution is 2.20. The molecule has 2 aromatic carbocycles. The molecular weight excluding hydrogens is 465 g/mol. The third-order valence-corrected chi connectivity index (χ3v) is 6.03. The lowest BCUT2D eigenvalue weighted by Crippen LogP contribution is -2.36. The van der Waals surface area contributed by atoms with Gasteiger partial charge in [0.2, 0.25) is 5.91 Å². The van der Waals surface area contributed by atoms with Crippen molar-refractivity contribution in [3.05, 3.63) is 63.2 Å². The van der Waals surface area contributed by atoms with Gasteiger partial charge in [0.15, 0.2) is 0 Å². The second-order valence-corrected chi connectivity index (χ2v) is 8.39. The zero-order valence-corrected chi connectivity index (χ0v) is 18.2. The summed E-state index contributed by atoms with van der Waals surface area (Å²) >= 11 is 2.11. The summed E-state index contributed by atoms with van der Waals surface area (Å²) in [5.74, 6) is -0.483. The van der Waals surface area contributed by atoms with Crippen LogP contribution in [0.15, 0.2) is 48.5 Å². The first kappa shape index (κ1) is 20.8. The first-order valence-corrected chi connectivity index (χ1v) is 10.8. The molecule has 1 atom stereocenters. The number of amides is 2. The van der Waals surface area contributed by atoms with Crippen LogP contribution in [0.2, 0.25) is 0 Å². The Balaban J connectivity index is 1.47. The summed E-state index contributed by atoms with van der Waals surface area (Å²) in [6, 6.07) is 15.9. The molecule has 1 aliphatic heterocycles. The number of hydrogen-bond acceptors (Lipinski definition) is 3. The summed E-state index contributed by atoms with van der Waals surface area (Å²) in [6.45, 7) is 4.33. The quantitative estimate of drug-likeness (QED) is 0.600. The van der Waals surface area contributed by atoms with E-state index in [2.05, 4.69) is 57.2 Å². The van der Waals surface area contributed by atoms with Crippen LogP contribution < -0.4 is 10.6 Å². The van der Waals surface area contributed by atoms with Crippen molar-refractivity contribution in [2.24, 2.45) is 0 Å². The number of nitrogens with zero attached hydrogens (tertiary/aromatic N) is 1. The third-order valence-electron chi connectivity index (χ3n) is 5.09. The molecule has 148 valence electrons. The third kappa shape index (κ3) is 5.78. The fraction of sp³-hybridized carbons (Fsp3) is 0.364. The lowest BCUT2D eigenvalue weighted by Gasteiger charge is -2.33. The van der Waals surface area contributed by atoms with Gasteiger partial charge >= 0.3 is 0 Å². The number of benzene rings is 2. The summed E-state index contributed by atoms with van der Waals surface area (Å²) in [5.41, 5.74) is 2.56. The molecule has 0 saturated carbocycles. The lowest BCUT2D eigenvalue weighted by molar-refractivity contribution is -0.115. The van der Waals surface area contributed by atoms with Crippen molar-refractivity contribution >= 4 is 40.1 Å². The Labute approximate surface area is 180 Å². The maximum absolute atomic E-state index is 12.2. The molecule has 28 heavy (non-hydrogen) atoms. The van der Waals surface area contributed by atoms with E-state index in [1.807, 2.05) is 30.3 Å². The van der Waals surface area contributed by atoms with Gasteiger partial charge in [0, 0.05) is 21.8 Å². The first-order chi connectivity index (χ1) is 13.5. The van der Waals surface area contributed by atoms with Crippen LogP contribution in [0.5, 0.6) is 0 Å². The molecule has 2 amide bonds. The smallest absolute Gasteiger partial charge is 0.252 e. The number of carbonyl (C=O) groups excluding carboxylic acids is 2. The number of carbonyl (C=O) groups is 2. The number of halogens is 1. The van der Waals surface area contributed by atoms with Gasteiger partial charge in [-0.2, -0.15) is 0 Å². The van der Waals surface area contributed by atoms with Gasteiger partial charge in [-0.1, -0.05) is 30.7 Å². The number of anilines is 1. The highest BCUT2D eigenvalue weighted by Gasteiger charge is 2.18. The van der Waals surface area contributed by atoms with Crippen molar-refractivity contribution in [3.63, 3.8) is 0 Å². The van der Waals surface area contributed by atoms with E-state index < -0.39 is 0 Å². The fourth-order valence-electron chi connectivity index (χ4n) is 3.43. The Kier molecular flexibility index (Phi) is 7.44. The predicted octanol–water partition coefficient (Wildman–Crippen LogP) is 4.03. The van der Waals surface area contributed by atoms with Gasteiger partial charge in [0.1, 0.15) is 0 Å². The van der Waals surface area contributed by atoms with E-state index in [0.717, 1.165) is 22.3 Å². The Hall–Kier alpha value is -1.93. The number of nitrogens with one attached hydrogen (secondary N) is 2. The van der Waals surface area contributed by atoms with Crippen LogP contribution in [-0.2, 0) is 11.3 Å². The van der Waals surface area contributed by atoms with Gasteiger partial charge in [-0.05, 0) is 78.7 Å². The van der Waals surface area contributed by atoms with E-state index in [9.17, 15) is 9.59 Å². The Bertz CT molecular complexity index is 823. The number of piperidine rings is 1. The van der Waals surface area contributed by atoms with Crippen LogP contribution in [0.4, 0.5) is 5.69 Å². The molecule has 5 nitrogen and oxygen atoms in total. The van der Waals surface area contributed by atoms with E-state index >= 15 is 0 Å². The second kappa shape index (κ2) is 10.0. The maximum Gasteiger partial charge on any atom is 0.252 e. The number of hydrogen-bond donors (Lipinski definition) is 2. The molecule has 2 aromatic rings. The molecule has 2 N–H and O–H groups in total. The van der Waals surface area contributed by atoms with Crippen molar-refractivity contribution in [3.8, 4) is 0 Å². The van der Waals surface area contributed by atoms with E-state index in [1.54, 1.807) is 6.07 Å². The largest absolute Gasteiger partial charge is 0.343 e. The van der Waals surface area contributed by atoms with Crippen LogP contribution in [-0.4, -0.2) is 35.8 Å². The normalized spacial score (nSPS) is 17.1. The molecule has 0 aliphatic carbocycles. The van der Waals surface area contributed by atoms with Crippen LogP contribution in [0, 0.1) is 3.57 Å². The van der Waals surface area contributed by atoms with Crippen molar-refractivity contribution in [1.82, 2.24) is 10.2 Å². The molecule has 1 fully saturated rings. The summed E-state index contributed by atoms with van der Waals surface area (Å²) in [7, 11) is 0. The maximum atomic E-state index is 12.2. The van der Waals surface area contributed by atoms with Gasteiger partial charge in [-0.15, -0.1) is 0 Å². The summed E-state index contributed by atoms with van der Waals surface area (Å²) < 4.78 is 0.858. The molecule has 0 bridgehead atoms. The Morgan fingerprint density at radius 2 is 1.86 bits per heavy atom. The molecular formula is C22H26IN3O2. The van der Waals surface area contributed by atoms with Crippen LogP contribution in [0.1, 0.15) is 42.1 Å². The molecule has 0 radical (unpaired) electrons. The molecule has 6 heteroatoms. The molecule has 1 unspecified atom stereocenters. The second-order valence-electron chi connectivity index (χ2n) is 7.22. The highest BCUT2D eigenvalue weighted by molar-refractivity contribution is 14.1. The highest BCUT2D eigenvalue weighted by atomic mass is 127. The average molecular weight is 491 g/mol. The van der Waals surface area contributed by atoms with Gasteiger partial charge in [-0.3, -0.25) is 14.5 Å². The Morgan fingerprint density at radius 3 is 2.57 bits per heavy atom. The first-order valence-electron chi connectivity index (χ1n) is 9.68. The van der Waals surface area contributed by atoms with Crippen molar-refractivity contribution in [2.75, 3.05) is 18.4 Å². The number of likely N-dealkylation sites (tertiary alicyclic amines) is 1. The fourth-order valence-corrected chi connectivity index (χ4v) is 4.06. The molecule has 1 aliphatic rings. The molecule has 0 spiro atoms. The van der Waals surface area contributed by atoms with Crippen LogP contribution >= 0.6 is 22.6 Å². The van der Waals surface area contributed by atoms with E-state index in [1.165, 1.54) is 24.8 Å². The van der Waals surface area contributed by atoms with E-state index in [-0.39, 0.29) is 18.4 Å². The van der Waals surface area contributed by atoms with Crippen LogP contribution in [0.25, 0.3) is 0 Å². The van der Waals surface area contributed by atoms with Gasteiger partial charge in [0.05, 0.1) is 12.1 Å². The van der Waals surface area contributed by atoms with Gasteiger partial charge in [0.25, 0.3) is 5.91 Å². The predicted molar refractivity (Wildman–Crippen MR) is 120 cm³/mol. The monoisotopic (exact) mass is 491 g/mol. The van der Waals surface area contributed by atoms with E-state index in [4.69, 9.17) is 0 Å². The SMILES string of the molecule is CC1CCCCN1Cc1ccc(NC(=O)CNC(=O)c2ccccc2I)cc1. The number of rotatable bonds is 6. The minimum atomic E-state index is -0.244. The summed E-state index contributed by atoms with van der Waals surface area (Å²) in [5, 5.41) is 5.50. The van der Waals surface area contributed by atoms with E-state index in [0.29, 0.717) is 11.6 Å². The topological polar surface area (TPSA) is 61.4 Å². The minimum absolute atomic E-state index is 0.0587. The molecule has 1 saturated heterocycles. The summed E-state index contributed by atoms with van der Waals surface area (Å²) in [6.07, 6.45) is 3.86. The van der Waals surface area contributed by atoms with Crippen LogP contribution in [0.3, 0.4) is 0 Å². The minimum Gasteiger partial charge on any atom is -0.343 e. The average Bonchev–Trinajstić information content (AvgIpc) is 2.70. The molecule has 3 rings (SSSR count). The zero-order valence-electron chi connectivity index (χ0n) is 16.1. The van der Waals surface area contributed by atoms with Gasteiger partial charge in [-0.25, -0.2) is 0 Å². The summed E-state index contributed by atoms with van der Waals surface area (Å²) in [4.78, 5) is 26.8. The van der Waals surface area contributed by atoms with Gasteiger partial charge < -0.3 is 10.6 Å². The van der Waals surface area contributed by atoms with Crippen molar-refractivity contribution in [2.45, 2.75) is 38.8 Å². The molecule has 1 heterocycles. The Morgan fingerprint density at radius 1 is 1.11 bits per heavy atom. The van der Waals surface area contributed by atoms with Crippen molar-refractivity contribution < 1.29 is 9.59 Å². The molecule has 0 aromatic heterocycles. The zero-order chi connectivity index (χ0) is 19.9. The van der Waals surface area contributed by atoms with Crippen molar-refractivity contribution in [1.29, 1.82) is 0 Å². The lowest BCUT2D eigenvalue weighted by atomic mass is 10.0. The standard InChI is InChI=1S/C22H26IN3O2/c1-16-6-4-5-13-26(16)15-17-9-11-18(12-10-17)25-21(27)14-24-22(28)19-7-2-3-8-20(19)23/h2-3,7-12,16H,4-6,13-15H2,1H3,(H,24,28)(H,25,27).